The van der Waals surface area contributed by atoms with E-state index in [1.807, 2.05) is 6.92 Å². The molecule has 0 saturated carbocycles. The molecule has 6 nitrogen and oxygen atoms in total. The molecule has 28 heavy (non-hydrogen) atoms. The monoisotopic (exact) mass is 381 g/mol. The zero-order valence-corrected chi connectivity index (χ0v) is 15.3. The molecule has 0 saturated heterocycles. The number of rotatable bonds is 4. The quantitative estimate of drug-likeness (QED) is 0.589. The highest BCUT2D eigenvalue weighted by Crippen LogP contribution is 2.21. The molecule has 1 N–H and O–H groups in total. The van der Waals surface area contributed by atoms with Crippen molar-refractivity contribution in [1.29, 1.82) is 0 Å². The summed E-state index contributed by atoms with van der Waals surface area (Å²) in [7, 11) is 0. The first-order valence-corrected chi connectivity index (χ1v) is 8.82. The summed E-state index contributed by atoms with van der Waals surface area (Å²) >= 11 is 0. The maximum atomic E-state index is 14.3. The van der Waals surface area contributed by atoms with Crippen molar-refractivity contribution in [2.45, 2.75) is 26.7 Å². The van der Waals surface area contributed by atoms with Gasteiger partial charge in [0.25, 0.3) is 5.56 Å². The highest BCUT2D eigenvalue weighted by Gasteiger charge is 2.15. The van der Waals surface area contributed by atoms with E-state index in [9.17, 15) is 13.6 Å². The third-order valence-corrected chi connectivity index (χ3v) is 4.53. The molecular weight excluding hydrogens is 364 g/mol. The number of H-pyrrole nitrogens is 1. The zero-order chi connectivity index (χ0) is 19.8. The summed E-state index contributed by atoms with van der Waals surface area (Å²) in [5, 5.41) is 0. The average molecular weight is 381 g/mol. The molecule has 0 aliphatic carbocycles. The van der Waals surface area contributed by atoms with Gasteiger partial charge in [-0.15, -0.1) is 0 Å². The number of halogens is 2. The van der Waals surface area contributed by atoms with Crippen molar-refractivity contribution in [3.63, 3.8) is 0 Å². The predicted octanol–water partition coefficient (Wildman–Crippen LogP) is 3.22. The summed E-state index contributed by atoms with van der Waals surface area (Å²) in [6.07, 6.45) is 5.66. The van der Waals surface area contributed by atoms with Gasteiger partial charge in [-0.2, -0.15) is 0 Å². The van der Waals surface area contributed by atoms with E-state index in [0.29, 0.717) is 35.0 Å². The van der Waals surface area contributed by atoms with Crippen molar-refractivity contribution < 1.29 is 8.78 Å². The van der Waals surface area contributed by atoms with Crippen LogP contribution >= 0.6 is 0 Å². The Labute approximate surface area is 158 Å². The van der Waals surface area contributed by atoms with Crippen LogP contribution in [0.1, 0.15) is 29.4 Å². The molecule has 0 amide bonds. The fourth-order valence-corrected chi connectivity index (χ4v) is 3.04. The first kappa shape index (κ1) is 18.0. The van der Waals surface area contributed by atoms with Crippen molar-refractivity contribution in [3.8, 4) is 11.5 Å². The number of aromatic nitrogens is 5. The van der Waals surface area contributed by atoms with Gasteiger partial charge in [-0.1, -0.05) is 6.92 Å². The zero-order valence-electron chi connectivity index (χ0n) is 15.3. The lowest BCUT2D eigenvalue weighted by Crippen LogP contribution is -2.12. The van der Waals surface area contributed by atoms with Crippen molar-refractivity contribution in [3.05, 3.63) is 81.3 Å². The van der Waals surface area contributed by atoms with Gasteiger partial charge in [0.15, 0.2) is 11.5 Å². The minimum atomic E-state index is -0.504. The van der Waals surface area contributed by atoms with Crippen molar-refractivity contribution in [2.24, 2.45) is 0 Å². The van der Waals surface area contributed by atoms with Gasteiger partial charge in [0.05, 0.1) is 5.69 Å². The fourth-order valence-electron chi connectivity index (χ4n) is 3.04. The van der Waals surface area contributed by atoms with E-state index in [1.54, 1.807) is 23.0 Å². The summed E-state index contributed by atoms with van der Waals surface area (Å²) in [4.78, 5) is 27.8. The van der Waals surface area contributed by atoms with Gasteiger partial charge in [0, 0.05) is 36.8 Å². The highest BCUT2D eigenvalue weighted by atomic mass is 19.1. The second kappa shape index (κ2) is 6.95. The summed E-state index contributed by atoms with van der Waals surface area (Å²) in [5.74, 6) is -0.666. The molecule has 0 bridgehead atoms. The smallest absolute Gasteiger partial charge is 0.251 e. The second-order valence-electron chi connectivity index (χ2n) is 6.54. The Bertz CT molecular complexity index is 1250. The number of imidazole rings is 1. The molecule has 142 valence electrons. The lowest BCUT2D eigenvalue weighted by molar-refractivity contribution is 0.581. The number of aromatic amines is 1. The fraction of sp³-hybridized carbons (Fsp3) is 0.200. The number of fused-ring (bicyclic) bond motifs is 1. The minimum absolute atomic E-state index is 0.0507. The molecule has 0 spiro atoms. The lowest BCUT2D eigenvalue weighted by atomic mass is 10.1. The van der Waals surface area contributed by atoms with E-state index < -0.39 is 11.6 Å². The normalized spacial score (nSPS) is 11.3. The molecule has 3 heterocycles. The number of hydrogen-bond acceptors (Lipinski definition) is 4. The molecular formula is C20H17F2N5O. The molecule has 1 aromatic carbocycles. The van der Waals surface area contributed by atoms with Gasteiger partial charge in [-0.05, 0) is 36.6 Å². The van der Waals surface area contributed by atoms with Crippen LogP contribution in [0.15, 0.2) is 41.6 Å². The predicted molar refractivity (Wildman–Crippen MR) is 100 cm³/mol. The van der Waals surface area contributed by atoms with Crippen molar-refractivity contribution >= 4 is 5.65 Å². The average Bonchev–Trinajstić information content (AvgIpc) is 3.14. The summed E-state index contributed by atoms with van der Waals surface area (Å²) in [6.45, 7) is 3.41. The number of benzene rings is 1. The largest absolute Gasteiger partial charge is 0.305 e. The molecule has 0 aliphatic rings. The molecule has 0 fully saturated rings. The maximum absolute atomic E-state index is 14.3. The van der Waals surface area contributed by atoms with Gasteiger partial charge in [0.2, 0.25) is 0 Å². The van der Waals surface area contributed by atoms with Crippen molar-refractivity contribution in [2.75, 3.05) is 0 Å². The van der Waals surface area contributed by atoms with Gasteiger partial charge >= 0.3 is 0 Å². The van der Waals surface area contributed by atoms with E-state index in [-0.39, 0.29) is 23.1 Å². The van der Waals surface area contributed by atoms with Crippen molar-refractivity contribution in [1.82, 2.24) is 24.3 Å². The van der Waals surface area contributed by atoms with Crippen LogP contribution in [0.5, 0.6) is 0 Å². The van der Waals surface area contributed by atoms with Crippen LogP contribution in [-0.2, 0) is 12.8 Å². The highest BCUT2D eigenvalue weighted by molar-refractivity contribution is 5.55. The first-order valence-electron chi connectivity index (χ1n) is 8.82. The molecule has 0 radical (unpaired) electrons. The number of hydrogen-bond donors (Lipinski definition) is 1. The summed E-state index contributed by atoms with van der Waals surface area (Å²) in [6, 6.07) is 3.78. The number of nitrogens with one attached hydrogen (secondary N) is 1. The van der Waals surface area contributed by atoms with E-state index in [0.717, 1.165) is 0 Å². The Morgan fingerprint density at radius 2 is 1.96 bits per heavy atom. The van der Waals surface area contributed by atoms with E-state index in [2.05, 4.69) is 19.9 Å². The standard InChI is InChI=1S/C20H17F2N5O/c1-3-13-9-18(28)26-19(24-13)17-10-27-5-4-23-20(27)16(25-17)8-12-7-14(21)11(2)6-15(12)22/h4-7,9-10H,3,8H2,1-2H3,(H,24,26,28). The maximum Gasteiger partial charge on any atom is 0.251 e. The first-order chi connectivity index (χ1) is 13.4. The second-order valence-corrected chi connectivity index (χ2v) is 6.54. The molecule has 8 heteroatoms. The van der Waals surface area contributed by atoms with Crippen LogP contribution in [0.3, 0.4) is 0 Å². The third kappa shape index (κ3) is 3.28. The molecule has 0 unspecified atom stereocenters. The Hall–Kier alpha value is -3.42. The summed E-state index contributed by atoms with van der Waals surface area (Å²) < 4.78 is 30.0. The Morgan fingerprint density at radius 1 is 1.14 bits per heavy atom. The van der Waals surface area contributed by atoms with Gasteiger partial charge < -0.3 is 9.38 Å². The minimum Gasteiger partial charge on any atom is -0.305 e. The van der Waals surface area contributed by atoms with E-state index >= 15 is 0 Å². The Kier molecular flexibility index (Phi) is 4.46. The topological polar surface area (TPSA) is 75.9 Å². The Morgan fingerprint density at radius 3 is 2.75 bits per heavy atom. The molecule has 0 aliphatic heterocycles. The van der Waals surface area contributed by atoms with Gasteiger partial charge in [-0.25, -0.2) is 23.7 Å². The van der Waals surface area contributed by atoms with Crippen LogP contribution in [0, 0.1) is 18.6 Å². The Balaban J connectivity index is 1.86. The van der Waals surface area contributed by atoms with Crippen LogP contribution < -0.4 is 5.56 Å². The number of nitrogens with zero attached hydrogens (tertiary/aromatic N) is 4. The van der Waals surface area contributed by atoms with Crippen LogP contribution in [-0.4, -0.2) is 24.3 Å². The van der Waals surface area contributed by atoms with E-state index in [4.69, 9.17) is 0 Å². The van der Waals surface area contributed by atoms with Gasteiger partial charge in [-0.3, -0.25) is 4.79 Å². The van der Waals surface area contributed by atoms with Crippen LogP contribution in [0.2, 0.25) is 0 Å². The lowest BCUT2D eigenvalue weighted by Gasteiger charge is -2.09. The molecule has 4 aromatic rings. The van der Waals surface area contributed by atoms with Gasteiger partial charge in [0.1, 0.15) is 17.3 Å². The number of aryl methyl sites for hydroxylation is 2. The SMILES string of the molecule is CCc1cc(=O)[nH]c(-c2cn3ccnc3c(Cc3cc(F)c(C)cc3F)n2)n1. The molecule has 3 aromatic heterocycles. The summed E-state index contributed by atoms with van der Waals surface area (Å²) in [5.41, 5.74) is 2.18. The van der Waals surface area contributed by atoms with Crippen LogP contribution in [0.25, 0.3) is 17.2 Å². The van der Waals surface area contributed by atoms with E-state index in [1.165, 1.54) is 25.1 Å². The third-order valence-electron chi connectivity index (χ3n) is 4.53. The molecule has 0 atom stereocenters. The van der Waals surface area contributed by atoms with Crippen LogP contribution in [0.4, 0.5) is 8.78 Å². The molecule has 4 rings (SSSR count).